The third-order valence-corrected chi connectivity index (χ3v) is 4.87. The molecule has 0 spiro atoms. The first-order valence-corrected chi connectivity index (χ1v) is 9.58. The molecule has 1 atom stereocenters. The van der Waals surface area contributed by atoms with Crippen LogP contribution < -0.4 is 5.32 Å². The monoisotopic (exact) mass is 394 g/mol. The van der Waals surface area contributed by atoms with Crippen LogP contribution in [0.1, 0.15) is 45.2 Å². The van der Waals surface area contributed by atoms with Gasteiger partial charge in [-0.25, -0.2) is 4.79 Å². The maximum absolute atomic E-state index is 13.1. The number of amides is 3. The maximum Gasteiger partial charge on any atom is 0.412 e. The number of carbonyl (C=O) groups is 3. The first-order valence-electron chi connectivity index (χ1n) is 9.58. The summed E-state index contributed by atoms with van der Waals surface area (Å²) in [5.41, 5.74) is 0.702. The van der Waals surface area contributed by atoms with Gasteiger partial charge in [-0.3, -0.25) is 19.8 Å². The van der Waals surface area contributed by atoms with Gasteiger partial charge in [0.2, 0.25) is 11.8 Å². The van der Waals surface area contributed by atoms with Gasteiger partial charge in [0.15, 0.2) is 0 Å². The van der Waals surface area contributed by atoms with E-state index >= 15 is 0 Å². The van der Waals surface area contributed by atoms with E-state index in [1.165, 1.54) is 4.90 Å². The van der Waals surface area contributed by atoms with E-state index in [2.05, 4.69) is 5.32 Å². The highest BCUT2D eigenvalue weighted by molar-refractivity contribution is 6.08. The molecule has 152 valence electrons. The smallest absolute Gasteiger partial charge is 0.412 e. The van der Waals surface area contributed by atoms with Crippen molar-refractivity contribution >= 4 is 23.6 Å². The second-order valence-corrected chi connectivity index (χ2v) is 8.48. The lowest BCUT2D eigenvalue weighted by atomic mass is 9.81. The molecule has 1 aliphatic rings. The van der Waals surface area contributed by atoms with E-state index in [0.717, 1.165) is 11.1 Å². The molecule has 2 aromatic carbocycles. The molecule has 29 heavy (non-hydrogen) atoms. The first-order chi connectivity index (χ1) is 13.6. The Morgan fingerprint density at radius 2 is 1.69 bits per heavy atom. The number of hydrogen-bond donors (Lipinski definition) is 1. The molecule has 0 aliphatic carbocycles. The van der Waals surface area contributed by atoms with E-state index in [-0.39, 0.29) is 24.8 Å². The number of benzene rings is 2. The largest absolute Gasteiger partial charge is 0.444 e. The van der Waals surface area contributed by atoms with Gasteiger partial charge in [0, 0.05) is 12.1 Å². The van der Waals surface area contributed by atoms with Crippen LogP contribution in [0.3, 0.4) is 0 Å². The number of nitrogens with one attached hydrogen (secondary N) is 1. The summed E-state index contributed by atoms with van der Waals surface area (Å²) in [5, 5.41) is 2.67. The van der Waals surface area contributed by atoms with Crippen molar-refractivity contribution < 1.29 is 19.1 Å². The van der Waals surface area contributed by atoms with E-state index in [0.29, 0.717) is 5.69 Å². The van der Waals surface area contributed by atoms with Crippen LogP contribution in [0, 0.1) is 0 Å². The summed E-state index contributed by atoms with van der Waals surface area (Å²) < 4.78 is 5.24. The lowest BCUT2D eigenvalue weighted by Crippen LogP contribution is -2.36. The van der Waals surface area contributed by atoms with Crippen LogP contribution in [0.25, 0.3) is 0 Å². The molecule has 0 aromatic heterocycles. The van der Waals surface area contributed by atoms with Crippen LogP contribution in [0.4, 0.5) is 10.5 Å². The molecule has 1 fully saturated rings. The Labute approximate surface area is 170 Å². The van der Waals surface area contributed by atoms with Gasteiger partial charge in [0.1, 0.15) is 5.60 Å². The van der Waals surface area contributed by atoms with Crippen LogP contribution in [-0.2, 0) is 26.3 Å². The van der Waals surface area contributed by atoms with Crippen molar-refractivity contribution in [2.45, 2.75) is 51.7 Å². The fourth-order valence-corrected chi connectivity index (χ4v) is 3.38. The van der Waals surface area contributed by atoms with Gasteiger partial charge in [0.25, 0.3) is 0 Å². The molecule has 1 unspecified atom stereocenters. The molecular weight excluding hydrogens is 368 g/mol. The maximum atomic E-state index is 13.1. The molecule has 1 saturated heterocycles. The van der Waals surface area contributed by atoms with Gasteiger partial charge in [-0.15, -0.1) is 0 Å². The number of likely N-dealkylation sites (tertiary alicyclic amines) is 1. The van der Waals surface area contributed by atoms with Crippen molar-refractivity contribution in [3.63, 3.8) is 0 Å². The van der Waals surface area contributed by atoms with Gasteiger partial charge in [-0.1, -0.05) is 42.5 Å². The van der Waals surface area contributed by atoms with Gasteiger partial charge >= 0.3 is 6.09 Å². The summed E-state index contributed by atoms with van der Waals surface area (Å²) in [4.78, 5) is 38.9. The minimum Gasteiger partial charge on any atom is -0.444 e. The van der Waals surface area contributed by atoms with Crippen LogP contribution in [0.2, 0.25) is 0 Å². The summed E-state index contributed by atoms with van der Waals surface area (Å²) in [6.45, 7) is 7.43. The predicted octanol–water partition coefficient (Wildman–Crippen LogP) is 4.25. The lowest BCUT2D eigenvalue weighted by molar-refractivity contribution is -0.140. The number of imide groups is 1. The molecule has 0 radical (unpaired) electrons. The predicted molar refractivity (Wildman–Crippen MR) is 110 cm³/mol. The second kappa shape index (κ2) is 7.70. The number of carbonyl (C=O) groups excluding carboxylic acids is 3. The van der Waals surface area contributed by atoms with Crippen LogP contribution >= 0.6 is 0 Å². The zero-order chi connectivity index (χ0) is 21.2. The average molecular weight is 394 g/mol. The Bertz CT molecular complexity index is 916. The van der Waals surface area contributed by atoms with Crippen molar-refractivity contribution in [1.82, 2.24) is 4.90 Å². The SMILES string of the molecule is CC(C)(C)OC(=O)Nc1ccc(C2(C)CC(=O)N(Cc3ccccc3)C2=O)cc1. The van der Waals surface area contributed by atoms with Crippen molar-refractivity contribution in [1.29, 1.82) is 0 Å². The van der Waals surface area contributed by atoms with Gasteiger partial charge in [0.05, 0.1) is 12.0 Å². The molecule has 1 N–H and O–H groups in total. The van der Waals surface area contributed by atoms with E-state index in [1.807, 2.05) is 30.3 Å². The zero-order valence-electron chi connectivity index (χ0n) is 17.2. The van der Waals surface area contributed by atoms with Crippen LogP contribution in [-0.4, -0.2) is 28.4 Å². The molecule has 1 aliphatic heterocycles. The summed E-state index contributed by atoms with van der Waals surface area (Å²) in [6, 6.07) is 16.4. The number of rotatable bonds is 4. The Morgan fingerprint density at radius 3 is 2.28 bits per heavy atom. The van der Waals surface area contributed by atoms with Gasteiger partial charge in [-0.05, 0) is 51.0 Å². The Morgan fingerprint density at radius 1 is 1.07 bits per heavy atom. The van der Waals surface area contributed by atoms with E-state index < -0.39 is 17.1 Å². The molecule has 0 bridgehead atoms. The molecule has 6 heteroatoms. The molecule has 1 heterocycles. The minimum atomic E-state index is -0.920. The molecule has 0 saturated carbocycles. The number of anilines is 1. The van der Waals surface area contributed by atoms with E-state index in [4.69, 9.17) is 4.74 Å². The number of nitrogens with zero attached hydrogens (tertiary/aromatic N) is 1. The Kier molecular flexibility index (Phi) is 5.46. The van der Waals surface area contributed by atoms with Crippen molar-refractivity contribution in [2.24, 2.45) is 0 Å². The van der Waals surface area contributed by atoms with Gasteiger partial charge < -0.3 is 4.74 Å². The highest BCUT2D eigenvalue weighted by Gasteiger charge is 2.49. The van der Waals surface area contributed by atoms with Crippen molar-refractivity contribution in [3.8, 4) is 0 Å². The fourth-order valence-electron chi connectivity index (χ4n) is 3.38. The van der Waals surface area contributed by atoms with E-state index in [9.17, 15) is 14.4 Å². The Hall–Kier alpha value is -3.15. The average Bonchev–Trinajstić information content (AvgIpc) is 2.86. The van der Waals surface area contributed by atoms with Crippen molar-refractivity contribution in [3.05, 3.63) is 65.7 Å². The highest BCUT2D eigenvalue weighted by Crippen LogP contribution is 2.37. The molecule has 6 nitrogen and oxygen atoms in total. The highest BCUT2D eigenvalue weighted by atomic mass is 16.6. The van der Waals surface area contributed by atoms with E-state index in [1.54, 1.807) is 52.0 Å². The third kappa shape index (κ3) is 4.65. The third-order valence-electron chi connectivity index (χ3n) is 4.87. The van der Waals surface area contributed by atoms with Crippen LogP contribution in [0.15, 0.2) is 54.6 Å². The number of hydrogen-bond acceptors (Lipinski definition) is 4. The summed E-state index contributed by atoms with van der Waals surface area (Å²) in [7, 11) is 0. The minimum absolute atomic E-state index is 0.123. The lowest BCUT2D eigenvalue weighted by Gasteiger charge is -2.23. The Balaban J connectivity index is 1.73. The topological polar surface area (TPSA) is 75.7 Å². The first kappa shape index (κ1) is 20.6. The normalized spacial score (nSPS) is 19.4. The van der Waals surface area contributed by atoms with Gasteiger partial charge in [-0.2, -0.15) is 0 Å². The molecule has 3 amide bonds. The van der Waals surface area contributed by atoms with Crippen molar-refractivity contribution in [2.75, 3.05) is 5.32 Å². The molecule has 2 aromatic rings. The summed E-state index contributed by atoms with van der Waals surface area (Å²) >= 11 is 0. The zero-order valence-corrected chi connectivity index (χ0v) is 17.2. The molecule has 3 rings (SSSR count). The summed E-state index contributed by atoms with van der Waals surface area (Å²) in [6.07, 6.45) is -0.421. The fraction of sp³-hybridized carbons (Fsp3) is 0.348. The number of ether oxygens (including phenoxy) is 1. The second-order valence-electron chi connectivity index (χ2n) is 8.48. The van der Waals surface area contributed by atoms with Crippen LogP contribution in [0.5, 0.6) is 0 Å². The standard InChI is InChI=1S/C23H26N2O4/c1-22(2,3)29-21(28)24-18-12-10-17(11-13-18)23(4)14-19(26)25(20(23)27)15-16-8-6-5-7-9-16/h5-13H,14-15H2,1-4H3,(H,24,28). The molecular formula is C23H26N2O4. The summed E-state index contributed by atoms with van der Waals surface area (Å²) in [5.74, 6) is -0.392. The quantitative estimate of drug-likeness (QED) is 0.787.